The van der Waals surface area contributed by atoms with E-state index in [1.165, 1.54) is 32.4 Å². The van der Waals surface area contributed by atoms with E-state index in [9.17, 15) is 8.42 Å². The molecular formula is C9H21NO3S. The van der Waals surface area contributed by atoms with Gasteiger partial charge in [-0.1, -0.05) is 13.8 Å². The van der Waals surface area contributed by atoms with Gasteiger partial charge in [-0.25, -0.2) is 0 Å². The Balaban J connectivity index is 0.000000292. The summed E-state index contributed by atoms with van der Waals surface area (Å²) in [4.78, 5) is 2.58. The van der Waals surface area contributed by atoms with Crippen molar-refractivity contribution in [3.8, 4) is 0 Å². The molecule has 1 N–H and O–H groups in total. The third kappa shape index (κ3) is 7.29. The minimum Gasteiger partial charge on any atom is -0.301 e. The first-order valence-electron chi connectivity index (χ1n) is 5.05. The largest absolute Gasteiger partial charge is 0.301 e. The van der Waals surface area contributed by atoms with Crippen LogP contribution in [0.1, 0.15) is 33.1 Å². The highest BCUT2D eigenvalue weighted by Gasteiger charge is 2.20. The van der Waals surface area contributed by atoms with E-state index >= 15 is 0 Å². The molecule has 0 aromatic carbocycles. The summed E-state index contributed by atoms with van der Waals surface area (Å²) in [6, 6.07) is 0.912. The molecule has 1 aliphatic heterocycles. The van der Waals surface area contributed by atoms with Crippen molar-refractivity contribution < 1.29 is 13.0 Å². The standard InChI is InChI=1S/C8H17N.CH4O3S/c1-3-8-6-5-7-9(8)4-2;1-5(2,3)4/h8H,3-7H2,1-2H3;1H3,(H,2,3,4). The molecule has 1 atom stereocenters. The van der Waals surface area contributed by atoms with Gasteiger partial charge in [-0.3, -0.25) is 4.55 Å². The van der Waals surface area contributed by atoms with Crippen molar-refractivity contribution in [1.29, 1.82) is 0 Å². The Morgan fingerprint density at radius 1 is 1.43 bits per heavy atom. The maximum Gasteiger partial charge on any atom is 0.261 e. The molecule has 14 heavy (non-hydrogen) atoms. The van der Waals surface area contributed by atoms with Crippen molar-refractivity contribution in [2.75, 3.05) is 19.3 Å². The molecule has 0 aromatic rings. The van der Waals surface area contributed by atoms with Gasteiger partial charge in [0.05, 0.1) is 6.26 Å². The SMILES string of the molecule is CCC1CCCN1CC.CS(=O)(=O)O. The number of nitrogens with zero attached hydrogens (tertiary/aromatic N) is 1. The lowest BCUT2D eigenvalue weighted by molar-refractivity contribution is 0.262. The second-order valence-corrected chi connectivity index (χ2v) is 5.03. The second-order valence-electron chi connectivity index (χ2n) is 3.57. The Hall–Kier alpha value is -0.130. The van der Waals surface area contributed by atoms with Crippen molar-refractivity contribution in [2.24, 2.45) is 0 Å². The van der Waals surface area contributed by atoms with Gasteiger partial charge in [0.25, 0.3) is 10.1 Å². The molecule has 0 bridgehead atoms. The minimum absolute atomic E-state index is 0.715. The van der Waals surface area contributed by atoms with E-state index in [1.54, 1.807) is 0 Å². The molecule has 1 aliphatic rings. The van der Waals surface area contributed by atoms with Crippen LogP contribution in [0.25, 0.3) is 0 Å². The van der Waals surface area contributed by atoms with Gasteiger partial charge in [0.2, 0.25) is 0 Å². The molecule has 1 unspecified atom stereocenters. The van der Waals surface area contributed by atoms with E-state index in [1.807, 2.05) is 0 Å². The first kappa shape index (κ1) is 13.9. The van der Waals surface area contributed by atoms with Crippen LogP contribution in [0.4, 0.5) is 0 Å². The zero-order chi connectivity index (χ0) is 11.2. The number of hydrogen-bond acceptors (Lipinski definition) is 3. The number of rotatable bonds is 2. The van der Waals surface area contributed by atoms with Gasteiger partial charge in [-0.2, -0.15) is 8.42 Å². The van der Waals surface area contributed by atoms with Gasteiger partial charge in [-0.05, 0) is 32.4 Å². The van der Waals surface area contributed by atoms with E-state index in [0.29, 0.717) is 6.26 Å². The summed E-state index contributed by atoms with van der Waals surface area (Å²) < 4.78 is 25.9. The van der Waals surface area contributed by atoms with Crippen LogP contribution in [0.15, 0.2) is 0 Å². The lowest BCUT2D eigenvalue weighted by Crippen LogP contribution is -2.28. The van der Waals surface area contributed by atoms with Crippen LogP contribution in [0.3, 0.4) is 0 Å². The van der Waals surface area contributed by atoms with Crippen LogP contribution in [0.5, 0.6) is 0 Å². The van der Waals surface area contributed by atoms with Crippen LogP contribution >= 0.6 is 0 Å². The average molecular weight is 223 g/mol. The lowest BCUT2D eigenvalue weighted by Gasteiger charge is -2.20. The maximum atomic E-state index is 9.19. The molecule has 0 spiro atoms. The fourth-order valence-electron chi connectivity index (χ4n) is 1.77. The maximum absolute atomic E-state index is 9.19. The molecule has 1 fully saturated rings. The molecule has 0 radical (unpaired) electrons. The molecule has 86 valence electrons. The van der Waals surface area contributed by atoms with Crippen molar-refractivity contribution in [3.05, 3.63) is 0 Å². The highest BCUT2D eigenvalue weighted by molar-refractivity contribution is 7.85. The topological polar surface area (TPSA) is 57.6 Å². The first-order valence-corrected chi connectivity index (χ1v) is 6.89. The fourth-order valence-corrected chi connectivity index (χ4v) is 1.77. The predicted molar refractivity (Wildman–Crippen MR) is 58.0 cm³/mol. The van der Waals surface area contributed by atoms with Crippen LogP contribution in [0, 0.1) is 0 Å². The Kier molecular flexibility index (Phi) is 6.31. The molecule has 0 amide bonds. The summed E-state index contributed by atoms with van der Waals surface area (Å²) in [5, 5.41) is 0. The molecule has 1 heterocycles. The van der Waals surface area contributed by atoms with Crippen molar-refractivity contribution in [2.45, 2.75) is 39.2 Å². The summed E-state index contributed by atoms with van der Waals surface area (Å²) in [5.41, 5.74) is 0. The second kappa shape index (κ2) is 6.37. The molecule has 0 aromatic heterocycles. The average Bonchev–Trinajstić information content (AvgIpc) is 2.47. The molecule has 0 saturated carbocycles. The third-order valence-corrected chi connectivity index (χ3v) is 2.38. The number of likely N-dealkylation sites (tertiary alicyclic amines) is 1. The number of hydrogen-bond donors (Lipinski definition) is 1. The monoisotopic (exact) mass is 223 g/mol. The van der Waals surface area contributed by atoms with E-state index in [4.69, 9.17) is 4.55 Å². The van der Waals surface area contributed by atoms with Crippen LogP contribution < -0.4 is 0 Å². The van der Waals surface area contributed by atoms with Crippen molar-refractivity contribution in [1.82, 2.24) is 4.90 Å². The van der Waals surface area contributed by atoms with E-state index < -0.39 is 10.1 Å². The van der Waals surface area contributed by atoms with Crippen LogP contribution in [-0.2, 0) is 10.1 Å². The van der Waals surface area contributed by atoms with Crippen molar-refractivity contribution >= 4 is 10.1 Å². The summed E-state index contributed by atoms with van der Waals surface area (Å²) in [6.07, 6.45) is 4.91. The summed E-state index contributed by atoms with van der Waals surface area (Å²) >= 11 is 0. The van der Waals surface area contributed by atoms with E-state index in [-0.39, 0.29) is 0 Å². The first-order chi connectivity index (χ1) is 6.38. The van der Waals surface area contributed by atoms with Gasteiger partial charge in [-0.15, -0.1) is 0 Å². The Morgan fingerprint density at radius 2 is 1.93 bits per heavy atom. The summed E-state index contributed by atoms with van der Waals surface area (Å²) in [5.74, 6) is 0. The summed E-state index contributed by atoms with van der Waals surface area (Å²) in [7, 11) is -3.67. The fraction of sp³-hybridized carbons (Fsp3) is 1.00. The molecule has 0 aliphatic carbocycles. The quantitative estimate of drug-likeness (QED) is 0.719. The van der Waals surface area contributed by atoms with Crippen LogP contribution in [-0.4, -0.2) is 43.3 Å². The Morgan fingerprint density at radius 3 is 2.21 bits per heavy atom. The van der Waals surface area contributed by atoms with Gasteiger partial charge >= 0.3 is 0 Å². The zero-order valence-corrected chi connectivity index (χ0v) is 10.0. The van der Waals surface area contributed by atoms with Gasteiger partial charge in [0.15, 0.2) is 0 Å². The molecule has 4 nitrogen and oxygen atoms in total. The Labute approximate surface area is 87.0 Å². The van der Waals surface area contributed by atoms with Gasteiger partial charge < -0.3 is 4.90 Å². The summed E-state index contributed by atoms with van der Waals surface area (Å²) in [6.45, 7) is 7.14. The van der Waals surface area contributed by atoms with Gasteiger partial charge in [0, 0.05) is 6.04 Å². The lowest BCUT2D eigenvalue weighted by atomic mass is 10.2. The van der Waals surface area contributed by atoms with Gasteiger partial charge in [0.1, 0.15) is 0 Å². The molecule has 1 saturated heterocycles. The van der Waals surface area contributed by atoms with Crippen LogP contribution in [0.2, 0.25) is 0 Å². The highest BCUT2D eigenvalue weighted by atomic mass is 32.2. The molecule has 1 rings (SSSR count). The normalized spacial score (nSPS) is 23.0. The smallest absolute Gasteiger partial charge is 0.261 e. The zero-order valence-electron chi connectivity index (χ0n) is 9.23. The highest BCUT2D eigenvalue weighted by Crippen LogP contribution is 2.18. The Bertz CT molecular complexity index is 220. The molecule has 5 heteroatoms. The minimum atomic E-state index is -3.67. The predicted octanol–water partition coefficient (Wildman–Crippen LogP) is 1.38. The third-order valence-electron chi connectivity index (χ3n) is 2.38. The van der Waals surface area contributed by atoms with E-state index in [0.717, 1.165) is 6.04 Å². The molecular weight excluding hydrogens is 202 g/mol. The van der Waals surface area contributed by atoms with Crippen molar-refractivity contribution in [3.63, 3.8) is 0 Å². The van der Waals surface area contributed by atoms with E-state index in [2.05, 4.69) is 18.7 Å².